The van der Waals surface area contributed by atoms with Crippen LogP contribution in [-0.2, 0) is 18.3 Å². The SMILES string of the molecule is Cn1cc(CCC(=O)O)c2cc(C#N)ccc21. The molecule has 0 bridgehead atoms. The molecule has 0 aliphatic carbocycles. The lowest BCUT2D eigenvalue weighted by Gasteiger charge is -1.97. The van der Waals surface area contributed by atoms with Crippen molar-refractivity contribution < 1.29 is 9.90 Å². The summed E-state index contributed by atoms with van der Waals surface area (Å²) in [6, 6.07) is 7.56. The second-order valence-corrected chi connectivity index (χ2v) is 4.00. The summed E-state index contributed by atoms with van der Waals surface area (Å²) in [4.78, 5) is 10.6. The fourth-order valence-electron chi connectivity index (χ4n) is 1.98. The molecular weight excluding hydrogens is 216 g/mol. The Morgan fingerprint density at radius 3 is 2.94 bits per heavy atom. The van der Waals surface area contributed by atoms with Crippen LogP contribution in [0.2, 0.25) is 0 Å². The van der Waals surface area contributed by atoms with E-state index in [9.17, 15) is 4.79 Å². The minimum atomic E-state index is -0.807. The van der Waals surface area contributed by atoms with E-state index in [0.717, 1.165) is 16.5 Å². The predicted molar refractivity (Wildman–Crippen MR) is 63.6 cm³/mol. The highest BCUT2D eigenvalue weighted by molar-refractivity contribution is 5.85. The number of hydrogen-bond donors (Lipinski definition) is 1. The third-order valence-corrected chi connectivity index (χ3v) is 2.81. The number of nitriles is 1. The molecule has 4 heteroatoms. The molecule has 0 unspecified atom stereocenters. The topological polar surface area (TPSA) is 66.0 Å². The Morgan fingerprint density at radius 1 is 1.53 bits per heavy atom. The number of hydrogen-bond acceptors (Lipinski definition) is 2. The van der Waals surface area contributed by atoms with Crippen LogP contribution in [0.5, 0.6) is 0 Å². The van der Waals surface area contributed by atoms with Crippen molar-refractivity contribution in [3.05, 3.63) is 35.5 Å². The van der Waals surface area contributed by atoms with Crippen LogP contribution in [0.3, 0.4) is 0 Å². The second kappa shape index (κ2) is 4.30. The molecule has 0 aliphatic rings. The number of carboxylic acids is 1. The first-order valence-corrected chi connectivity index (χ1v) is 5.31. The molecule has 0 spiro atoms. The van der Waals surface area contributed by atoms with Gasteiger partial charge in [-0.1, -0.05) is 0 Å². The first-order chi connectivity index (χ1) is 8.11. The van der Waals surface area contributed by atoms with E-state index in [2.05, 4.69) is 6.07 Å². The maximum atomic E-state index is 10.6. The number of carboxylic acid groups (broad SMARTS) is 1. The maximum absolute atomic E-state index is 10.6. The number of aryl methyl sites for hydroxylation is 2. The third kappa shape index (κ3) is 2.13. The summed E-state index contributed by atoms with van der Waals surface area (Å²) >= 11 is 0. The van der Waals surface area contributed by atoms with E-state index in [0.29, 0.717) is 12.0 Å². The van der Waals surface area contributed by atoms with Crippen LogP contribution in [0.4, 0.5) is 0 Å². The maximum Gasteiger partial charge on any atom is 0.303 e. The number of fused-ring (bicyclic) bond motifs is 1. The molecule has 0 radical (unpaired) electrons. The summed E-state index contributed by atoms with van der Waals surface area (Å²) in [6.07, 6.45) is 2.52. The summed E-state index contributed by atoms with van der Waals surface area (Å²) in [7, 11) is 1.92. The molecule has 2 aromatic rings. The zero-order valence-electron chi connectivity index (χ0n) is 9.47. The Labute approximate surface area is 98.7 Å². The zero-order chi connectivity index (χ0) is 12.4. The number of rotatable bonds is 3. The van der Waals surface area contributed by atoms with Gasteiger partial charge in [0, 0.05) is 30.6 Å². The van der Waals surface area contributed by atoms with Gasteiger partial charge >= 0.3 is 5.97 Å². The van der Waals surface area contributed by atoms with Crippen LogP contribution in [-0.4, -0.2) is 15.6 Å². The van der Waals surface area contributed by atoms with E-state index in [1.165, 1.54) is 0 Å². The van der Waals surface area contributed by atoms with Gasteiger partial charge in [0.25, 0.3) is 0 Å². The van der Waals surface area contributed by atoms with Crippen molar-refractivity contribution in [3.8, 4) is 6.07 Å². The summed E-state index contributed by atoms with van der Waals surface area (Å²) in [5, 5.41) is 18.5. The van der Waals surface area contributed by atoms with Gasteiger partial charge in [0.2, 0.25) is 0 Å². The summed E-state index contributed by atoms with van der Waals surface area (Å²) < 4.78 is 1.95. The Hall–Kier alpha value is -2.28. The number of aliphatic carboxylic acids is 1. The number of benzene rings is 1. The fourth-order valence-corrected chi connectivity index (χ4v) is 1.98. The van der Waals surface area contributed by atoms with Crippen molar-refractivity contribution in [2.45, 2.75) is 12.8 Å². The number of aromatic nitrogens is 1. The average Bonchev–Trinajstić information content (AvgIpc) is 2.63. The lowest BCUT2D eigenvalue weighted by molar-refractivity contribution is -0.136. The van der Waals surface area contributed by atoms with Crippen LogP contribution >= 0.6 is 0 Å². The van der Waals surface area contributed by atoms with Crippen LogP contribution in [0.1, 0.15) is 17.5 Å². The van der Waals surface area contributed by atoms with Gasteiger partial charge in [-0.3, -0.25) is 4.79 Å². The van der Waals surface area contributed by atoms with E-state index >= 15 is 0 Å². The minimum absolute atomic E-state index is 0.107. The van der Waals surface area contributed by atoms with E-state index < -0.39 is 5.97 Å². The first-order valence-electron chi connectivity index (χ1n) is 5.31. The normalized spacial score (nSPS) is 10.4. The first kappa shape index (κ1) is 11.2. The van der Waals surface area contributed by atoms with Gasteiger partial charge in [0.05, 0.1) is 11.6 Å². The molecule has 86 valence electrons. The van der Waals surface area contributed by atoms with Crippen molar-refractivity contribution >= 4 is 16.9 Å². The van der Waals surface area contributed by atoms with E-state index in [4.69, 9.17) is 10.4 Å². The smallest absolute Gasteiger partial charge is 0.303 e. The van der Waals surface area contributed by atoms with Gasteiger partial charge in [-0.15, -0.1) is 0 Å². The molecule has 0 saturated heterocycles. The molecule has 1 heterocycles. The van der Waals surface area contributed by atoms with Crippen molar-refractivity contribution in [3.63, 3.8) is 0 Å². The van der Waals surface area contributed by atoms with Crippen molar-refractivity contribution in [1.82, 2.24) is 4.57 Å². The van der Waals surface area contributed by atoms with Gasteiger partial charge in [-0.25, -0.2) is 0 Å². The molecule has 0 fully saturated rings. The molecule has 1 aromatic heterocycles. The lowest BCUT2D eigenvalue weighted by Crippen LogP contribution is -1.96. The largest absolute Gasteiger partial charge is 0.481 e. The van der Waals surface area contributed by atoms with Crippen LogP contribution < -0.4 is 0 Å². The lowest BCUT2D eigenvalue weighted by atomic mass is 10.1. The predicted octanol–water partition coefficient (Wildman–Crippen LogP) is 2.07. The van der Waals surface area contributed by atoms with Gasteiger partial charge in [-0.05, 0) is 30.2 Å². The quantitative estimate of drug-likeness (QED) is 0.874. The van der Waals surface area contributed by atoms with Crippen molar-refractivity contribution in [2.24, 2.45) is 7.05 Å². The standard InChI is InChI=1S/C13H12N2O2/c1-15-8-10(3-5-13(16)17)11-6-9(7-14)2-4-12(11)15/h2,4,6,8H,3,5H2,1H3,(H,16,17). The highest BCUT2D eigenvalue weighted by Gasteiger charge is 2.08. The highest BCUT2D eigenvalue weighted by atomic mass is 16.4. The van der Waals surface area contributed by atoms with Gasteiger partial charge in [0.15, 0.2) is 0 Å². The zero-order valence-corrected chi connectivity index (χ0v) is 9.47. The van der Waals surface area contributed by atoms with Crippen molar-refractivity contribution in [1.29, 1.82) is 5.26 Å². The highest BCUT2D eigenvalue weighted by Crippen LogP contribution is 2.23. The summed E-state index contributed by atoms with van der Waals surface area (Å²) in [6.45, 7) is 0. The molecule has 0 atom stereocenters. The molecule has 0 amide bonds. The second-order valence-electron chi connectivity index (χ2n) is 4.00. The van der Waals surface area contributed by atoms with Gasteiger partial charge in [-0.2, -0.15) is 5.26 Å². The minimum Gasteiger partial charge on any atom is -0.481 e. The number of carbonyl (C=O) groups is 1. The van der Waals surface area contributed by atoms with Crippen LogP contribution in [0.15, 0.2) is 24.4 Å². The third-order valence-electron chi connectivity index (χ3n) is 2.81. The average molecular weight is 228 g/mol. The molecule has 17 heavy (non-hydrogen) atoms. The summed E-state index contributed by atoms with van der Waals surface area (Å²) in [5.41, 5.74) is 2.59. The summed E-state index contributed by atoms with van der Waals surface area (Å²) in [5.74, 6) is -0.807. The Morgan fingerprint density at radius 2 is 2.29 bits per heavy atom. The Kier molecular flexibility index (Phi) is 2.84. The monoisotopic (exact) mass is 228 g/mol. The van der Waals surface area contributed by atoms with Gasteiger partial charge in [0.1, 0.15) is 0 Å². The molecule has 1 aromatic carbocycles. The molecular formula is C13H12N2O2. The molecule has 2 rings (SSSR count). The fraction of sp³-hybridized carbons (Fsp3) is 0.231. The molecule has 0 saturated carbocycles. The van der Waals surface area contributed by atoms with Crippen LogP contribution in [0.25, 0.3) is 10.9 Å². The van der Waals surface area contributed by atoms with E-state index in [1.54, 1.807) is 6.07 Å². The van der Waals surface area contributed by atoms with E-state index in [-0.39, 0.29) is 6.42 Å². The van der Waals surface area contributed by atoms with Crippen LogP contribution in [0, 0.1) is 11.3 Å². The molecule has 0 aliphatic heterocycles. The van der Waals surface area contributed by atoms with Gasteiger partial charge < -0.3 is 9.67 Å². The molecule has 1 N–H and O–H groups in total. The number of nitrogens with zero attached hydrogens (tertiary/aromatic N) is 2. The molecule has 4 nitrogen and oxygen atoms in total. The van der Waals surface area contributed by atoms with E-state index in [1.807, 2.05) is 29.9 Å². The Balaban J connectivity index is 2.48. The Bertz CT molecular complexity index is 620. The van der Waals surface area contributed by atoms with Crippen molar-refractivity contribution in [2.75, 3.05) is 0 Å².